The van der Waals surface area contributed by atoms with Crippen molar-refractivity contribution in [3.63, 3.8) is 0 Å². The minimum atomic E-state index is -0.278. The first-order valence-electron chi connectivity index (χ1n) is 8.00. The third kappa shape index (κ3) is 4.48. The summed E-state index contributed by atoms with van der Waals surface area (Å²) in [6, 6.07) is 3.44. The van der Waals surface area contributed by atoms with Gasteiger partial charge < -0.3 is 10.2 Å². The van der Waals surface area contributed by atoms with E-state index in [1.54, 1.807) is 6.07 Å². The van der Waals surface area contributed by atoms with Crippen molar-refractivity contribution in [2.24, 2.45) is 17.8 Å². The third-order valence-electron chi connectivity index (χ3n) is 4.44. The lowest BCUT2D eigenvalue weighted by molar-refractivity contribution is 0.116. The minimum absolute atomic E-state index is 0.165. The van der Waals surface area contributed by atoms with E-state index < -0.39 is 0 Å². The molecule has 4 unspecified atom stereocenters. The van der Waals surface area contributed by atoms with E-state index in [0.29, 0.717) is 5.92 Å². The minimum Gasteiger partial charge on any atom is -0.311 e. The summed E-state index contributed by atoms with van der Waals surface area (Å²) in [7, 11) is 1.95. The highest BCUT2D eigenvalue weighted by Crippen LogP contribution is 2.25. The van der Waals surface area contributed by atoms with Crippen LogP contribution in [0.2, 0.25) is 0 Å². The Bertz CT molecular complexity index is 424. The van der Waals surface area contributed by atoms with Crippen LogP contribution in [-0.2, 0) is 0 Å². The standard InChI is InChI=1S/C17H28FN3/c1-12-7-13(2)10-21(9-12)11-14(3)17(19-4)16-6-5-15(18)8-20-16/h5-6,8,12-14,17,19H,7,9-11H2,1-4H3. The molecule has 0 saturated carbocycles. The van der Waals surface area contributed by atoms with Crippen molar-refractivity contribution in [2.45, 2.75) is 33.2 Å². The molecular formula is C17H28FN3. The molecule has 0 spiro atoms. The van der Waals surface area contributed by atoms with Crippen molar-refractivity contribution >= 4 is 0 Å². The van der Waals surface area contributed by atoms with Gasteiger partial charge in [-0.05, 0) is 43.4 Å². The normalized spacial score (nSPS) is 26.5. The Morgan fingerprint density at radius 3 is 2.52 bits per heavy atom. The van der Waals surface area contributed by atoms with Crippen molar-refractivity contribution in [1.82, 2.24) is 15.2 Å². The van der Waals surface area contributed by atoms with Crippen LogP contribution < -0.4 is 5.32 Å². The maximum Gasteiger partial charge on any atom is 0.141 e. The highest BCUT2D eigenvalue weighted by Gasteiger charge is 2.26. The highest BCUT2D eigenvalue weighted by atomic mass is 19.1. The number of nitrogens with one attached hydrogen (secondary N) is 1. The molecule has 1 aliphatic heterocycles. The smallest absolute Gasteiger partial charge is 0.141 e. The quantitative estimate of drug-likeness (QED) is 0.904. The number of likely N-dealkylation sites (tertiary alicyclic amines) is 1. The second-order valence-electron chi connectivity index (χ2n) is 6.81. The molecule has 0 aliphatic carbocycles. The molecule has 0 bridgehead atoms. The molecule has 21 heavy (non-hydrogen) atoms. The van der Waals surface area contributed by atoms with Crippen molar-refractivity contribution < 1.29 is 4.39 Å². The van der Waals surface area contributed by atoms with Gasteiger partial charge in [0.15, 0.2) is 0 Å². The third-order valence-corrected chi connectivity index (χ3v) is 4.44. The first kappa shape index (κ1) is 16.4. The number of nitrogens with zero attached hydrogens (tertiary/aromatic N) is 2. The summed E-state index contributed by atoms with van der Waals surface area (Å²) in [5.41, 5.74) is 0.921. The zero-order valence-electron chi connectivity index (χ0n) is 13.6. The molecule has 1 aromatic rings. The van der Waals surface area contributed by atoms with Crippen LogP contribution in [0.25, 0.3) is 0 Å². The summed E-state index contributed by atoms with van der Waals surface area (Å²) in [5, 5.41) is 3.34. The number of hydrogen-bond donors (Lipinski definition) is 1. The van der Waals surface area contributed by atoms with Gasteiger partial charge in [-0.3, -0.25) is 4.98 Å². The first-order chi connectivity index (χ1) is 9.99. The summed E-state index contributed by atoms with van der Waals surface area (Å²) in [5.74, 6) is 1.71. The Morgan fingerprint density at radius 1 is 1.33 bits per heavy atom. The monoisotopic (exact) mass is 293 g/mol. The van der Waals surface area contributed by atoms with Gasteiger partial charge in [0.2, 0.25) is 0 Å². The van der Waals surface area contributed by atoms with Crippen LogP contribution in [0.3, 0.4) is 0 Å². The van der Waals surface area contributed by atoms with E-state index in [1.807, 2.05) is 7.05 Å². The van der Waals surface area contributed by atoms with Crippen LogP contribution in [0.5, 0.6) is 0 Å². The van der Waals surface area contributed by atoms with Crippen LogP contribution in [0.15, 0.2) is 18.3 Å². The molecular weight excluding hydrogens is 265 g/mol. The maximum atomic E-state index is 13.0. The Morgan fingerprint density at radius 2 is 2.00 bits per heavy atom. The van der Waals surface area contributed by atoms with E-state index in [2.05, 4.69) is 36.0 Å². The van der Waals surface area contributed by atoms with Crippen molar-refractivity contribution in [1.29, 1.82) is 0 Å². The summed E-state index contributed by atoms with van der Waals surface area (Å²) in [6.07, 6.45) is 2.64. The van der Waals surface area contributed by atoms with Gasteiger partial charge in [-0.25, -0.2) is 4.39 Å². The van der Waals surface area contributed by atoms with E-state index in [9.17, 15) is 4.39 Å². The Balaban J connectivity index is 1.99. The van der Waals surface area contributed by atoms with Gasteiger partial charge in [0.05, 0.1) is 17.9 Å². The molecule has 3 nitrogen and oxygen atoms in total. The zero-order valence-corrected chi connectivity index (χ0v) is 13.6. The van der Waals surface area contributed by atoms with Gasteiger partial charge in [0, 0.05) is 19.6 Å². The van der Waals surface area contributed by atoms with Crippen molar-refractivity contribution in [3.05, 3.63) is 29.8 Å². The van der Waals surface area contributed by atoms with Crippen molar-refractivity contribution in [3.8, 4) is 0 Å². The Labute approximate surface area is 127 Å². The SMILES string of the molecule is CNC(c1ccc(F)cn1)C(C)CN1CC(C)CC(C)C1. The molecule has 4 heteroatoms. The predicted molar refractivity (Wildman–Crippen MR) is 84.5 cm³/mol. The van der Waals surface area contributed by atoms with E-state index >= 15 is 0 Å². The number of rotatable bonds is 5. The fraction of sp³-hybridized carbons (Fsp3) is 0.706. The molecule has 1 fully saturated rings. The molecule has 1 N–H and O–H groups in total. The van der Waals surface area contributed by atoms with E-state index in [-0.39, 0.29) is 11.9 Å². The Kier molecular flexibility index (Phi) is 5.71. The summed E-state index contributed by atoms with van der Waals surface area (Å²) in [4.78, 5) is 6.80. The first-order valence-corrected chi connectivity index (χ1v) is 8.00. The van der Waals surface area contributed by atoms with Gasteiger partial charge in [-0.1, -0.05) is 20.8 Å². The lowest BCUT2D eigenvalue weighted by atomic mass is 9.90. The van der Waals surface area contributed by atoms with Gasteiger partial charge in [-0.2, -0.15) is 0 Å². The second-order valence-corrected chi connectivity index (χ2v) is 6.81. The lowest BCUT2D eigenvalue weighted by Crippen LogP contribution is -2.43. The molecule has 2 heterocycles. The number of halogens is 1. The van der Waals surface area contributed by atoms with Gasteiger partial charge in [-0.15, -0.1) is 0 Å². The Hall–Kier alpha value is -1.00. The van der Waals surface area contributed by atoms with Crippen LogP contribution in [0.1, 0.15) is 38.9 Å². The molecule has 4 atom stereocenters. The maximum absolute atomic E-state index is 13.0. The fourth-order valence-electron chi connectivity index (χ4n) is 3.75. The van der Waals surface area contributed by atoms with Crippen LogP contribution in [0.4, 0.5) is 4.39 Å². The molecule has 0 aromatic carbocycles. The number of hydrogen-bond acceptors (Lipinski definition) is 3. The van der Waals surface area contributed by atoms with Crippen molar-refractivity contribution in [2.75, 3.05) is 26.7 Å². The van der Waals surface area contributed by atoms with Crippen LogP contribution >= 0.6 is 0 Å². The van der Waals surface area contributed by atoms with Gasteiger partial charge in [0.1, 0.15) is 5.82 Å². The average molecular weight is 293 g/mol. The zero-order chi connectivity index (χ0) is 15.4. The number of pyridine rings is 1. The lowest BCUT2D eigenvalue weighted by Gasteiger charge is -2.37. The summed E-state index contributed by atoms with van der Waals surface area (Å²) < 4.78 is 13.0. The molecule has 2 rings (SSSR count). The largest absolute Gasteiger partial charge is 0.311 e. The number of piperidine rings is 1. The van der Waals surface area contributed by atoms with Gasteiger partial charge in [0.25, 0.3) is 0 Å². The molecule has 0 radical (unpaired) electrons. The van der Waals surface area contributed by atoms with Gasteiger partial charge >= 0.3 is 0 Å². The predicted octanol–water partition coefficient (Wildman–Crippen LogP) is 3.10. The molecule has 1 aromatic heterocycles. The van der Waals surface area contributed by atoms with E-state index in [1.165, 1.54) is 31.8 Å². The average Bonchev–Trinajstić information content (AvgIpc) is 2.40. The summed E-state index contributed by atoms with van der Waals surface area (Å²) in [6.45, 7) is 10.3. The topological polar surface area (TPSA) is 28.2 Å². The summed E-state index contributed by atoms with van der Waals surface area (Å²) >= 11 is 0. The molecule has 118 valence electrons. The van der Waals surface area contributed by atoms with E-state index in [0.717, 1.165) is 24.1 Å². The fourth-order valence-corrected chi connectivity index (χ4v) is 3.75. The molecule has 1 aliphatic rings. The number of aromatic nitrogens is 1. The van der Waals surface area contributed by atoms with Crippen LogP contribution in [0, 0.1) is 23.6 Å². The molecule has 1 saturated heterocycles. The molecule has 0 amide bonds. The highest BCUT2D eigenvalue weighted by molar-refractivity contribution is 5.11. The van der Waals surface area contributed by atoms with E-state index in [4.69, 9.17) is 0 Å². The second kappa shape index (κ2) is 7.32. The van der Waals surface area contributed by atoms with Crippen LogP contribution in [-0.4, -0.2) is 36.6 Å².